The van der Waals surface area contributed by atoms with E-state index in [0.29, 0.717) is 18.7 Å². The van der Waals surface area contributed by atoms with Gasteiger partial charge in [0.2, 0.25) is 5.91 Å². The topological polar surface area (TPSA) is 56.1 Å². The molecule has 19 heavy (non-hydrogen) atoms. The number of benzene rings is 1. The maximum atomic E-state index is 11.8. The largest absolute Gasteiger partial charge is 0.497 e. The van der Waals surface area contributed by atoms with Gasteiger partial charge < -0.3 is 10.1 Å². The number of nitrogens with zero attached hydrogens (tertiary/aromatic N) is 2. The zero-order valence-corrected chi connectivity index (χ0v) is 11.1. The first-order chi connectivity index (χ1) is 9.17. The minimum atomic E-state index is -0.0403. The van der Waals surface area contributed by atoms with Crippen LogP contribution in [0.25, 0.3) is 0 Å². The minimum absolute atomic E-state index is 0.0403. The summed E-state index contributed by atoms with van der Waals surface area (Å²) in [5.74, 6) is 1.35. The second kappa shape index (κ2) is 6.04. The molecular formula is C14H17N3O2. The predicted octanol–water partition coefficient (Wildman–Crippen LogP) is 2.00. The highest BCUT2D eigenvalue weighted by molar-refractivity contribution is 5.89. The maximum Gasteiger partial charge on any atom is 0.225 e. The number of nitrogens with one attached hydrogen (secondary N) is 1. The van der Waals surface area contributed by atoms with Crippen LogP contribution in [-0.4, -0.2) is 22.8 Å². The molecule has 5 nitrogen and oxygen atoms in total. The van der Waals surface area contributed by atoms with Crippen molar-refractivity contribution in [2.24, 2.45) is 7.05 Å². The van der Waals surface area contributed by atoms with Crippen molar-refractivity contribution in [3.63, 3.8) is 0 Å². The van der Waals surface area contributed by atoms with Crippen molar-refractivity contribution < 1.29 is 9.53 Å². The summed E-state index contributed by atoms with van der Waals surface area (Å²) in [7, 11) is 3.44. The molecule has 0 aliphatic rings. The van der Waals surface area contributed by atoms with Gasteiger partial charge in [0.25, 0.3) is 0 Å². The van der Waals surface area contributed by atoms with E-state index < -0.39 is 0 Å². The van der Waals surface area contributed by atoms with Crippen LogP contribution in [0, 0.1) is 0 Å². The van der Waals surface area contributed by atoms with Crippen LogP contribution in [0.1, 0.15) is 12.0 Å². The third kappa shape index (κ3) is 3.84. The van der Waals surface area contributed by atoms with E-state index >= 15 is 0 Å². The van der Waals surface area contributed by atoms with E-state index in [9.17, 15) is 4.79 Å². The molecular weight excluding hydrogens is 242 g/mol. The van der Waals surface area contributed by atoms with Gasteiger partial charge in [0.05, 0.1) is 7.11 Å². The van der Waals surface area contributed by atoms with Crippen LogP contribution >= 0.6 is 0 Å². The summed E-state index contributed by atoms with van der Waals surface area (Å²) in [6, 6.07) is 9.50. The van der Waals surface area contributed by atoms with Gasteiger partial charge in [-0.25, -0.2) is 0 Å². The van der Waals surface area contributed by atoms with Crippen LogP contribution in [0.3, 0.4) is 0 Å². The van der Waals surface area contributed by atoms with E-state index in [1.165, 1.54) is 0 Å². The molecule has 0 atom stereocenters. The number of aromatic nitrogens is 2. The molecule has 0 bridgehead atoms. The summed E-state index contributed by atoms with van der Waals surface area (Å²) in [6.07, 6.45) is 2.89. The van der Waals surface area contributed by atoms with Crippen LogP contribution in [0.5, 0.6) is 5.75 Å². The Morgan fingerprint density at radius 3 is 2.95 bits per heavy atom. The first-order valence-corrected chi connectivity index (χ1v) is 6.10. The zero-order valence-electron chi connectivity index (χ0n) is 11.1. The lowest BCUT2D eigenvalue weighted by Gasteiger charge is -2.04. The fourth-order valence-corrected chi connectivity index (χ4v) is 1.77. The smallest absolute Gasteiger partial charge is 0.225 e. The lowest BCUT2D eigenvalue weighted by atomic mass is 10.1. The van der Waals surface area contributed by atoms with Gasteiger partial charge in [0.15, 0.2) is 5.82 Å². The second-order valence-electron chi connectivity index (χ2n) is 4.27. The standard InChI is InChI=1S/C14H17N3O2/c1-17-9-8-13(16-17)15-14(18)7-6-11-4-3-5-12(10-11)19-2/h3-5,8-10H,6-7H2,1-2H3,(H,15,16,18). The fraction of sp³-hybridized carbons (Fsp3) is 0.286. The van der Waals surface area contributed by atoms with Gasteiger partial charge in [-0.15, -0.1) is 0 Å². The Hall–Kier alpha value is -2.30. The zero-order chi connectivity index (χ0) is 13.7. The number of anilines is 1. The summed E-state index contributed by atoms with van der Waals surface area (Å²) in [5, 5.41) is 6.86. The van der Waals surface area contributed by atoms with Gasteiger partial charge in [-0.1, -0.05) is 12.1 Å². The van der Waals surface area contributed by atoms with Gasteiger partial charge >= 0.3 is 0 Å². The van der Waals surface area contributed by atoms with Crippen LogP contribution in [0.2, 0.25) is 0 Å². The van der Waals surface area contributed by atoms with Gasteiger partial charge in [-0.3, -0.25) is 9.48 Å². The van der Waals surface area contributed by atoms with E-state index in [1.807, 2.05) is 31.3 Å². The number of carbonyl (C=O) groups excluding carboxylic acids is 1. The molecule has 0 saturated carbocycles. The first kappa shape index (κ1) is 13.1. The predicted molar refractivity (Wildman–Crippen MR) is 73.2 cm³/mol. The average molecular weight is 259 g/mol. The number of ether oxygens (including phenoxy) is 1. The molecule has 1 aromatic carbocycles. The fourth-order valence-electron chi connectivity index (χ4n) is 1.77. The molecule has 2 aromatic rings. The number of carbonyl (C=O) groups is 1. The van der Waals surface area contributed by atoms with Crippen molar-refractivity contribution in [2.75, 3.05) is 12.4 Å². The molecule has 1 aromatic heterocycles. The Bertz CT molecular complexity index is 563. The normalized spacial score (nSPS) is 10.2. The third-order valence-corrected chi connectivity index (χ3v) is 2.76. The molecule has 1 amide bonds. The number of rotatable bonds is 5. The Morgan fingerprint density at radius 2 is 2.26 bits per heavy atom. The quantitative estimate of drug-likeness (QED) is 0.893. The Kier molecular flexibility index (Phi) is 4.18. The molecule has 0 unspecified atom stereocenters. The van der Waals surface area contributed by atoms with Crippen molar-refractivity contribution in [2.45, 2.75) is 12.8 Å². The molecule has 0 radical (unpaired) electrons. The van der Waals surface area contributed by atoms with Crippen molar-refractivity contribution in [3.05, 3.63) is 42.1 Å². The summed E-state index contributed by atoms with van der Waals surface area (Å²) in [6.45, 7) is 0. The van der Waals surface area contributed by atoms with Crippen LogP contribution in [0.4, 0.5) is 5.82 Å². The Morgan fingerprint density at radius 1 is 1.42 bits per heavy atom. The van der Waals surface area contributed by atoms with Crippen molar-refractivity contribution in [3.8, 4) is 5.75 Å². The Labute approximate surface area is 112 Å². The van der Waals surface area contributed by atoms with Gasteiger partial charge in [-0.05, 0) is 24.1 Å². The van der Waals surface area contributed by atoms with E-state index in [2.05, 4.69) is 10.4 Å². The van der Waals surface area contributed by atoms with Crippen molar-refractivity contribution in [1.82, 2.24) is 9.78 Å². The van der Waals surface area contributed by atoms with Gasteiger partial charge in [0, 0.05) is 25.7 Å². The SMILES string of the molecule is COc1cccc(CCC(=O)Nc2ccn(C)n2)c1. The summed E-state index contributed by atoms with van der Waals surface area (Å²) in [4.78, 5) is 11.8. The third-order valence-electron chi connectivity index (χ3n) is 2.76. The van der Waals surface area contributed by atoms with Crippen molar-refractivity contribution in [1.29, 1.82) is 0 Å². The molecule has 0 fully saturated rings. The molecule has 100 valence electrons. The van der Waals surface area contributed by atoms with Gasteiger partial charge in [-0.2, -0.15) is 5.10 Å². The number of methoxy groups -OCH3 is 1. The monoisotopic (exact) mass is 259 g/mol. The van der Waals surface area contributed by atoms with Crippen LogP contribution < -0.4 is 10.1 Å². The molecule has 0 aliphatic heterocycles. The molecule has 5 heteroatoms. The number of amides is 1. The second-order valence-corrected chi connectivity index (χ2v) is 4.27. The van der Waals surface area contributed by atoms with E-state index in [4.69, 9.17) is 4.74 Å². The lowest BCUT2D eigenvalue weighted by molar-refractivity contribution is -0.116. The van der Waals surface area contributed by atoms with Crippen molar-refractivity contribution >= 4 is 11.7 Å². The first-order valence-electron chi connectivity index (χ1n) is 6.10. The highest BCUT2D eigenvalue weighted by Crippen LogP contribution is 2.14. The van der Waals surface area contributed by atoms with Crippen LogP contribution in [0.15, 0.2) is 36.5 Å². The molecule has 1 N–H and O–H groups in total. The van der Waals surface area contributed by atoms with E-state index in [0.717, 1.165) is 11.3 Å². The number of aryl methyl sites for hydroxylation is 2. The Balaban J connectivity index is 1.86. The van der Waals surface area contributed by atoms with E-state index in [1.54, 1.807) is 24.1 Å². The molecule has 2 rings (SSSR count). The number of hydrogen-bond donors (Lipinski definition) is 1. The molecule has 0 saturated heterocycles. The highest BCUT2D eigenvalue weighted by Gasteiger charge is 2.05. The maximum absolute atomic E-state index is 11.8. The molecule has 1 heterocycles. The number of hydrogen-bond acceptors (Lipinski definition) is 3. The molecule has 0 spiro atoms. The average Bonchev–Trinajstić information content (AvgIpc) is 2.82. The molecule has 0 aliphatic carbocycles. The lowest BCUT2D eigenvalue weighted by Crippen LogP contribution is -2.13. The highest BCUT2D eigenvalue weighted by atomic mass is 16.5. The van der Waals surface area contributed by atoms with Crippen LogP contribution in [-0.2, 0) is 18.3 Å². The summed E-state index contributed by atoms with van der Waals surface area (Å²) >= 11 is 0. The summed E-state index contributed by atoms with van der Waals surface area (Å²) in [5.41, 5.74) is 1.08. The summed E-state index contributed by atoms with van der Waals surface area (Å²) < 4.78 is 6.80. The van der Waals surface area contributed by atoms with E-state index in [-0.39, 0.29) is 5.91 Å². The minimum Gasteiger partial charge on any atom is -0.497 e. The van der Waals surface area contributed by atoms with Gasteiger partial charge in [0.1, 0.15) is 5.75 Å².